The van der Waals surface area contributed by atoms with E-state index in [9.17, 15) is 9.50 Å². The predicted molar refractivity (Wildman–Crippen MR) is 92.7 cm³/mol. The molecule has 0 aliphatic carbocycles. The van der Waals surface area contributed by atoms with Crippen molar-refractivity contribution in [3.05, 3.63) is 71.0 Å². The molecule has 2 rings (SSSR count). The topological polar surface area (TPSA) is 23.5 Å². The summed E-state index contributed by atoms with van der Waals surface area (Å²) in [6.45, 7) is 7.72. The van der Waals surface area contributed by atoms with Crippen LogP contribution in [0.1, 0.15) is 43.1 Å². The molecule has 1 unspecified atom stereocenters. The van der Waals surface area contributed by atoms with Gasteiger partial charge in [0.05, 0.1) is 6.10 Å². The summed E-state index contributed by atoms with van der Waals surface area (Å²) in [6, 6.07) is 15.6. The number of hydrogen-bond acceptors (Lipinski definition) is 2. The average Bonchev–Trinajstić information content (AvgIpc) is 2.54. The summed E-state index contributed by atoms with van der Waals surface area (Å²) in [4.78, 5) is 2.34. The van der Waals surface area contributed by atoms with Crippen molar-refractivity contribution in [2.75, 3.05) is 6.54 Å². The maximum atomic E-state index is 13.3. The second kappa shape index (κ2) is 8.23. The molecule has 0 aliphatic heterocycles. The van der Waals surface area contributed by atoms with Crippen LogP contribution in [0.15, 0.2) is 48.5 Å². The fourth-order valence-electron chi connectivity index (χ4n) is 2.67. The first-order valence-electron chi connectivity index (χ1n) is 8.19. The lowest BCUT2D eigenvalue weighted by molar-refractivity contribution is 0.126. The SMILES string of the molecule is Cc1cc(C(O)CCN(Cc2ccccc2)C(C)C)ccc1F. The van der Waals surface area contributed by atoms with Crippen LogP contribution < -0.4 is 0 Å². The van der Waals surface area contributed by atoms with Crippen molar-refractivity contribution in [2.45, 2.75) is 45.9 Å². The molecule has 0 bridgehead atoms. The van der Waals surface area contributed by atoms with E-state index < -0.39 is 6.10 Å². The quantitative estimate of drug-likeness (QED) is 0.815. The second-order valence-electron chi connectivity index (χ2n) is 6.36. The van der Waals surface area contributed by atoms with E-state index in [0.717, 1.165) is 18.7 Å². The zero-order valence-corrected chi connectivity index (χ0v) is 14.2. The zero-order chi connectivity index (χ0) is 16.8. The molecule has 1 N–H and O–H groups in total. The molecule has 124 valence electrons. The number of aryl methyl sites for hydroxylation is 1. The third kappa shape index (κ3) is 5.15. The molecule has 3 heteroatoms. The summed E-state index contributed by atoms with van der Waals surface area (Å²) in [6.07, 6.45) is 0.0714. The van der Waals surface area contributed by atoms with Crippen LogP contribution >= 0.6 is 0 Å². The summed E-state index contributed by atoms with van der Waals surface area (Å²) in [5, 5.41) is 10.4. The van der Waals surface area contributed by atoms with Crippen molar-refractivity contribution in [1.82, 2.24) is 4.90 Å². The highest BCUT2D eigenvalue weighted by Gasteiger charge is 2.14. The van der Waals surface area contributed by atoms with E-state index in [2.05, 4.69) is 30.9 Å². The minimum Gasteiger partial charge on any atom is -0.388 e. The van der Waals surface area contributed by atoms with Crippen LogP contribution in [-0.4, -0.2) is 22.6 Å². The maximum absolute atomic E-state index is 13.3. The van der Waals surface area contributed by atoms with Gasteiger partial charge in [-0.1, -0.05) is 42.5 Å². The Morgan fingerprint density at radius 3 is 2.39 bits per heavy atom. The van der Waals surface area contributed by atoms with Gasteiger partial charge in [0.2, 0.25) is 0 Å². The van der Waals surface area contributed by atoms with Gasteiger partial charge in [0, 0.05) is 19.1 Å². The first-order chi connectivity index (χ1) is 11.0. The minimum absolute atomic E-state index is 0.228. The van der Waals surface area contributed by atoms with E-state index in [4.69, 9.17) is 0 Å². The van der Waals surface area contributed by atoms with Gasteiger partial charge in [-0.15, -0.1) is 0 Å². The van der Waals surface area contributed by atoms with Crippen LogP contribution in [0, 0.1) is 12.7 Å². The number of benzene rings is 2. The molecule has 0 spiro atoms. The standard InChI is InChI=1S/C20H26FNO/c1-15(2)22(14-17-7-5-4-6-8-17)12-11-20(23)18-9-10-19(21)16(3)13-18/h4-10,13,15,20,23H,11-12,14H2,1-3H3. The van der Waals surface area contributed by atoms with E-state index in [1.807, 2.05) is 18.2 Å². The summed E-state index contributed by atoms with van der Waals surface area (Å²) in [7, 11) is 0. The Kier molecular flexibility index (Phi) is 6.31. The summed E-state index contributed by atoms with van der Waals surface area (Å²) in [5.41, 5.74) is 2.63. The Morgan fingerprint density at radius 2 is 1.78 bits per heavy atom. The molecule has 0 aliphatic rings. The average molecular weight is 315 g/mol. The largest absolute Gasteiger partial charge is 0.388 e. The minimum atomic E-state index is -0.564. The number of hydrogen-bond donors (Lipinski definition) is 1. The molecule has 23 heavy (non-hydrogen) atoms. The molecular formula is C20H26FNO. The molecule has 2 nitrogen and oxygen atoms in total. The van der Waals surface area contributed by atoms with Gasteiger partial charge in [-0.05, 0) is 49.9 Å². The lowest BCUT2D eigenvalue weighted by Gasteiger charge is -2.27. The smallest absolute Gasteiger partial charge is 0.126 e. The van der Waals surface area contributed by atoms with E-state index in [-0.39, 0.29) is 5.82 Å². The van der Waals surface area contributed by atoms with Gasteiger partial charge in [-0.3, -0.25) is 4.90 Å². The van der Waals surface area contributed by atoms with E-state index in [1.165, 1.54) is 11.6 Å². The van der Waals surface area contributed by atoms with Gasteiger partial charge in [-0.25, -0.2) is 4.39 Å². The summed E-state index contributed by atoms with van der Waals surface area (Å²) in [5.74, 6) is -0.228. The molecule has 1 atom stereocenters. The first kappa shape index (κ1) is 17.6. The molecule has 2 aromatic rings. The van der Waals surface area contributed by atoms with Gasteiger partial charge < -0.3 is 5.11 Å². The molecule has 2 aromatic carbocycles. The number of halogens is 1. The highest BCUT2D eigenvalue weighted by atomic mass is 19.1. The van der Waals surface area contributed by atoms with Crippen LogP contribution in [0.3, 0.4) is 0 Å². The lowest BCUT2D eigenvalue weighted by atomic mass is 10.0. The summed E-state index contributed by atoms with van der Waals surface area (Å²) < 4.78 is 13.3. The van der Waals surface area contributed by atoms with Crippen LogP contribution in [0.25, 0.3) is 0 Å². The second-order valence-corrected chi connectivity index (χ2v) is 6.36. The molecule has 0 fully saturated rings. The number of nitrogens with zero attached hydrogens (tertiary/aromatic N) is 1. The third-order valence-corrected chi connectivity index (χ3v) is 4.22. The van der Waals surface area contributed by atoms with Crippen molar-refractivity contribution in [1.29, 1.82) is 0 Å². The molecule has 0 amide bonds. The fraction of sp³-hybridized carbons (Fsp3) is 0.400. The van der Waals surface area contributed by atoms with Crippen molar-refractivity contribution >= 4 is 0 Å². The van der Waals surface area contributed by atoms with Crippen LogP contribution in [0.5, 0.6) is 0 Å². The molecule has 0 saturated heterocycles. The van der Waals surface area contributed by atoms with E-state index in [1.54, 1.807) is 19.1 Å². The van der Waals surface area contributed by atoms with E-state index in [0.29, 0.717) is 18.0 Å². The van der Waals surface area contributed by atoms with Gasteiger partial charge in [0.1, 0.15) is 5.82 Å². The molecule has 0 radical (unpaired) electrons. The Morgan fingerprint density at radius 1 is 1.09 bits per heavy atom. The number of aliphatic hydroxyl groups is 1. The Hall–Kier alpha value is -1.71. The third-order valence-electron chi connectivity index (χ3n) is 4.22. The Bertz CT molecular complexity index is 612. The Balaban J connectivity index is 1.96. The van der Waals surface area contributed by atoms with Gasteiger partial charge in [0.15, 0.2) is 0 Å². The van der Waals surface area contributed by atoms with Crippen molar-refractivity contribution < 1.29 is 9.50 Å². The monoisotopic (exact) mass is 315 g/mol. The Labute approximate surface area is 138 Å². The number of aliphatic hydroxyl groups excluding tert-OH is 1. The normalized spacial score (nSPS) is 12.8. The van der Waals surface area contributed by atoms with Crippen LogP contribution in [0.2, 0.25) is 0 Å². The fourth-order valence-corrected chi connectivity index (χ4v) is 2.67. The highest BCUT2D eigenvalue weighted by molar-refractivity contribution is 5.25. The first-order valence-corrected chi connectivity index (χ1v) is 8.19. The van der Waals surface area contributed by atoms with E-state index >= 15 is 0 Å². The molecular weight excluding hydrogens is 289 g/mol. The van der Waals surface area contributed by atoms with Crippen LogP contribution in [-0.2, 0) is 6.54 Å². The van der Waals surface area contributed by atoms with Crippen molar-refractivity contribution in [2.24, 2.45) is 0 Å². The highest BCUT2D eigenvalue weighted by Crippen LogP contribution is 2.21. The molecule has 0 aromatic heterocycles. The van der Waals surface area contributed by atoms with Crippen molar-refractivity contribution in [3.8, 4) is 0 Å². The maximum Gasteiger partial charge on any atom is 0.126 e. The lowest BCUT2D eigenvalue weighted by Crippen LogP contribution is -2.32. The molecule has 0 heterocycles. The number of rotatable bonds is 7. The zero-order valence-electron chi connectivity index (χ0n) is 14.2. The van der Waals surface area contributed by atoms with Gasteiger partial charge in [-0.2, -0.15) is 0 Å². The van der Waals surface area contributed by atoms with Gasteiger partial charge in [0.25, 0.3) is 0 Å². The summed E-state index contributed by atoms with van der Waals surface area (Å²) >= 11 is 0. The van der Waals surface area contributed by atoms with Crippen LogP contribution in [0.4, 0.5) is 4.39 Å². The van der Waals surface area contributed by atoms with Crippen molar-refractivity contribution in [3.63, 3.8) is 0 Å². The molecule has 0 saturated carbocycles. The van der Waals surface area contributed by atoms with Gasteiger partial charge >= 0.3 is 0 Å². The predicted octanol–water partition coefficient (Wildman–Crippen LogP) is 4.47.